The van der Waals surface area contributed by atoms with Crippen molar-refractivity contribution in [1.82, 2.24) is 9.88 Å². The fourth-order valence-corrected chi connectivity index (χ4v) is 4.48. The number of benzene rings is 2. The first kappa shape index (κ1) is 24.5. The summed E-state index contributed by atoms with van der Waals surface area (Å²) in [6.45, 7) is -0.0279. The van der Waals surface area contributed by atoms with E-state index in [1.54, 1.807) is 36.4 Å². The molecule has 180 valence electrons. The van der Waals surface area contributed by atoms with Gasteiger partial charge >= 0.3 is 12.4 Å². The van der Waals surface area contributed by atoms with Crippen LogP contribution in [0.4, 0.5) is 30.7 Å². The Kier molecular flexibility index (Phi) is 6.37. The summed E-state index contributed by atoms with van der Waals surface area (Å²) in [5.41, 5.74) is -2.05. The second-order valence-corrected chi connectivity index (χ2v) is 8.66. The summed E-state index contributed by atoms with van der Waals surface area (Å²) in [6, 6.07) is 12.4. The Morgan fingerprint density at radius 3 is 2.15 bits per heavy atom. The maximum Gasteiger partial charge on any atom is 0.416 e. The quantitative estimate of drug-likeness (QED) is 0.266. The molecule has 34 heavy (non-hydrogen) atoms. The second-order valence-electron chi connectivity index (χ2n) is 8.22. The molecule has 2 aromatic carbocycles. The average Bonchev–Trinajstić information content (AvgIpc) is 3.50. The van der Waals surface area contributed by atoms with Gasteiger partial charge in [0, 0.05) is 30.9 Å². The number of halogens is 8. The summed E-state index contributed by atoms with van der Waals surface area (Å²) in [4.78, 5) is 5.68. The van der Waals surface area contributed by atoms with E-state index in [0.717, 1.165) is 12.1 Å². The molecule has 4 rings (SSSR count). The van der Waals surface area contributed by atoms with Crippen molar-refractivity contribution in [3.63, 3.8) is 0 Å². The van der Waals surface area contributed by atoms with E-state index in [9.17, 15) is 30.7 Å². The Morgan fingerprint density at radius 1 is 0.882 bits per heavy atom. The molecule has 0 aliphatic carbocycles. The SMILES string of the molecule is Fc1cc(C(F)(F)F)cc([C@](Cc2ccc(Cl)cn2)(c2ccccc2)N2CC2CC(F)(F)F)c1. The number of hydrogen-bond acceptors (Lipinski definition) is 2. The monoisotopic (exact) mass is 502 g/mol. The average molecular weight is 503 g/mol. The van der Waals surface area contributed by atoms with E-state index in [1.165, 1.54) is 17.2 Å². The number of alkyl halides is 6. The Labute approximate surface area is 196 Å². The summed E-state index contributed by atoms with van der Waals surface area (Å²) < 4.78 is 94.8. The van der Waals surface area contributed by atoms with Crippen LogP contribution in [0, 0.1) is 5.82 Å². The van der Waals surface area contributed by atoms with Gasteiger partial charge in [0.15, 0.2) is 0 Å². The summed E-state index contributed by atoms with van der Waals surface area (Å²) in [5.74, 6) is -1.14. The zero-order valence-electron chi connectivity index (χ0n) is 17.5. The maximum atomic E-state index is 14.5. The van der Waals surface area contributed by atoms with E-state index in [4.69, 9.17) is 11.6 Å². The molecule has 3 atom stereocenters. The van der Waals surface area contributed by atoms with Crippen molar-refractivity contribution in [2.45, 2.75) is 36.8 Å². The van der Waals surface area contributed by atoms with Crippen LogP contribution in [0.5, 0.6) is 0 Å². The summed E-state index contributed by atoms with van der Waals surface area (Å²) in [5, 5.41) is 0.320. The van der Waals surface area contributed by atoms with Crippen LogP contribution >= 0.6 is 11.6 Å². The minimum atomic E-state index is -4.85. The van der Waals surface area contributed by atoms with Crippen LogP contribution in [0.25, 0.3) is 0 Å². The van der Waals surface area contributed by atoms with E-state index < -0.39 is 41.7 Å². The third-order valence-corrected chi connectivity index (χ3v) is 6.08. The van der Waals surface area contributed by atoms with Crippen molar-refractivity contribution in [3.05, 3.63) is 100 Å². The Balaban J connectivity index is 1.94. The fourth-order valence-electron chi connectivity index (χ4n) is 4.37. The molecule has 0 spiro atoms. The topological polar surface area (TPSA) is 15.9 Å². The lowest BCUT2D eigenvalue weighted by Gasteiger charge is -2.38. The minimum Gasteiger partial charge on any atom is -0.283 e. The van der Waals surface area contributed by atoms with Crippen LogP contribution in [0.15, 0.2) is 66.9 Å². The highest BCUT2D eigenvalue weighted by atomic mass is 35.5. The molecule has 2 nitrogen and oxygen atoms in total. The van der Waals surface area contributed by atoms with Gasteiger partial charge in [0.05, 0.1) is 22.5 Å². The Morgan fingerprint density at radius 2 is 1.56 bits per heavy atom. The van der Waals surface area contributed by atoms with Crippen molar-refractivity contribution < 1.29 is 30.7 Å². The number of aromatic nitrogens is 1. The Hall–Kier alpha value is -2.65. The van der Waals surface area contributed by atoms with Gasteiger partial charge in [-0.05, 0) is 41.5 Å². The molecular weight excluding hydrogens is 485 g/mol. The molecule has 0 saturated carbocycles. The number of nitrogens with zero attached hydrogens (tertiary/aromatic N) is 2. The van der Waals surface area contributed by atoms with Gasteiger partial charge in [-0.15, -0.1) is 0 Å². The van der Waals surface area contributed by atoms with Gasteiger partial charge in [0.25, 0.3) is 0 Å². The molecule has 1 aliphatic heterocycles. The molecule has 0 bridgehead atoms. The van der Waals surface area contributed by atoms with E-state index in [1.807, 2.05) is 0 Å². The zero-order valence-corrected chi connectivity index (χ0v) is 18.2. The van der Waals surface area contributed by atoms with Crippen molar-refractivity contribution in [2.24, 2.45) is 0 Å². The normalized spacial score (nSPS) is 20.1. The van der Waals surface area contributed by atoms with Gasteiger partial charge in [0.2, 0.25) is 0 Å². The maximum absolute atomic E-state index is 14.5. The molecular formula is C24H18ClF7N2. The van der Waals surface area contributed by atoms with Gasteiger partial charge in [0.1, 0.15) is 5.82 Å². The minimum absolute atomic E-state index is 0.0279. The molecule has 0 radical (unpaired) electrons. The van der Waals surface area contributed by atoms with E-state index in [0.29, 0.717) is 22.3 Å². The van der Waals surface area contributed by atoms with Crippen LogP contribution < -0.4 is 0 Å². The lowest BCUT2D eigenvalue weighted by molar-refractivity contribution is -0.138. The van der Waals surface area contributed by atoms with E-state index in [2.05, 4.69) is 4.98 Å². The molecule has 1 fully saturated rings. The van der Waals surface area contributed by atoms with Crippen molar-refractivity contribution in [2.75, 3.05) is 6.54 Å². The first-order chi connectivity index (χ1) is 15.9. The third-order valence-electron chi connectivity index (χ3n) is 5.85. The van der Waals surface area contributed by atoms with Crippen LogP contribution in [0.2, 0.25) is 5.02 Å². The first-order valence-electron chi connectivity index (χ1n) is 10.3. The Bertz CT molecular complexity index is 1150. The lowest BCUT2D eigenvalue weighted by Crippen LogP contribution is -2.41. The third kappa shape index (κ3) is 5.20. The molecule has 2 unspecified atom stereocenters. The number of hydrogen-bond donors (Lipinski definition) is 0. The second kappa shape index (κ2) is 8.85. The molecule has 0 N–H and O–H groups in total. The van der Waals surface area contributed by atoms with Crippen molar-refractivity contribution in [3.8, 4) is 0 Å². The highest BCUT2D eigenvalue weighted by Gasteiger charge is 2.55. The molecule has 3 aromatic rings. The standard InChI is InChI=1S/C24H18ClF7N2/c25-18-6-7-20(33-13-18)11-22(15-4-2-1-3-5-15,34-14-21(34)12-23(27,28)29)16-8-17(24(30,31)32)10-19(26)9-16/h1-10,13,21H,11-12,14H2/t21?,22-,34?/m0/s1. The molecule has 2 heterocycles. The first-order valence-corrected chi connectivity index (χ1v) is 10.6. The van der Waals surface area contributed by atoms with Gasteiger partial charge in [-0.25, -0.2) is 4.39 Å². The fraction of sp³-hybridized carbons (Fsp3) is 0.292. The predicted octanol–water partition coefficient (Wildman–Crippen LogP) is 7.02. The largest absolute Gasteiger partial charge is 0.416 e. The van der Waals surface area contributed by atoms with Gasteiger partial charge < -0.3 is 0 Å². The van der Waals surface area contributed by atoms with E-state index in [-0.39, 0.29) is 18.5 Å². The number of rotatable bonds is 6. The smallest absolute Gasteiger partial charge is 0.283 e. The summed E-state index contributed by atoms with van der Waals surface area (Å²) in [7, 11) is 0. The highest BCUT2D eigenvalue weighted by molar-refractivity contribution is 6.30. The highest BCUT2D eigenvalue weighted by Crippen LogP contribution is 2.49. The molecule has 10 heteroatoms. The van der Waals surface area contributed by atoms with Gasteiger partial charge in [-0.3, -0.25) is 9.88 Å². The van der Waals surface area contributed by atoms with Gasteiger partial charge in [-0.2, -0.15) is 26.3 Å². The molecule has 1 aromatic heterocycles. The lowest BCUT2D eigenvalue weighted by atomic mass is 9.78. The predicted molar refractivity (Wildman–Crippen MR) is 113 cm³/mol. The van der Waals surface area contributed by atoms with Crippen LogP contribution in [-0.2, 0) is 18.1 Å². The van der Waals surface area contributed by atoms with Crippen molar-refractivity contribution in [1.29, 1.82) is 0 Å². The number of pyridine rings is 1. The van der Waals surface area contributed by atoms with Gasteiger partial charge in [-0.1, -0.05) is 41.9 Å². The summed E-state index contributed by atoms with van der Waals surface area (Å²) in [6.07, 6.45) is -9.21. The molecule has 1 aliphatic rings. The molecule has 1 saturated heterocycles. The van der Waals surface area contributed by atoms with Crippen LogP contribution in [-0.4, -0.2) is 28.6 Å². The summed E-state index contributed by atoms with van der Waals surface area (Å²) >= 11 is 5.91. The van der Waals surface area contributed by atoms with E-state index >= 15 is 0 Å². The molecule has 0 amide bonds. The van der Waals surface area contributed by atoms with Crippen LogP contribution in [0.3, 0.4) is 0 Å². The zero-order chi connectivity index (χ0) is 24.7. The van der Waals surface area contributed by atoms with Crippen LogP contribution in [0.1, 0.15) is 28.8 Å². The van der Waals surface area contributed by atoms with Crippen molar-refractivity contribution >= 4 is 11.6 Å².